The Labute approximate surface area is 244 Å². The van der Waals surface area contributed by atoms with E-state index in [1.54, 1.807) is 22.7 Å². The number of hydrogen-bond acceptors (Lipinski definition) is 6. The smallest absolute Gasteiger partial charge is 0.271 e. The van der Waals surface area contributed by atoms with Crippen molar-refractivity contribution in [3.05, 3.63) is 107 Å². The Morgan fingerprint density at radius 2 is 1.90 bits per heavy atom. The van der Waals surface area contributed by atoms with Crippen molar-refractivity contribution >= 4 is 39.2 Å². The summed E-state index contributed by atoms with van der Waals surface area (Å²) in [7, 11) is 1.59. The molecule has 40 heavy (non-hydrogen) atoms. The number of methoxy groups -OCH3 is 1. The summed E-state index contributed by atoms with van der Waals surface area (Å²) in [6, 6.07) is 16.6. The van der Waals surface area contributed by atoms with Gasteiger partial charge in [0.25, 0.3) is 11.5 Å². The number of fused-ring (bicyclic) bond motifs is 1. The second-order valence-corrected chi connectivity index (χ2v) is 11.3. The SMILES string of the molecule is CCN(CC)C(=O)C1=C(C)N=c2s/c(=C/c3ccc(-c4ccc(C)cc4Br)o3)c(=O)n2[C@H]1c1ccccc1OC. The zero-order valence-corrected chi connectivity index (χ0v) is 25.4. The number of furan rings is 1. The molecule has 0 unspecified atom stereocenters. The minimum Gasteiger partial charge on any atom is -0.496 e. The summed E-state index contributed by atoms with van der Waals surface area (Å²) in [6.45, 7) is 8.84. The van der Waals surface area contributed by atoms with Crippen molar-refractivity contribution in [2.45, 2.75) is 33.7 Å². The van der Waals surface area contributed by atoms with Gasteiger partial charge in [-0.1, -0.05) is 51.5 Å². The van der Waals surface area contributed by atoms with Crippen LogP contribution in [0.5, 0.6) is 5.75 Å². The molecule has 9 heteroatoms. The summed E-state index contributed by atoms with van der Waals surface area (Å²) in [5.74, 6) is 1.70. The average Bonchev–Trinajstić information content (AvgIpc) is 3.52. The van der Waals surface area contributed by atoms with Gasteiger partial charge in [-0.15, -0.1) is 0 Å². The van der Waals surface area contributed by atoms with Gasteiger partial charge in [-0.05, 0) is 63.6 Å². The Bertz CT molecular complexity index is 1810. The third-order valence-electron chi connectivity index (χ3n) is 7.03. The first-order valence-corrected chi connectivity index (χ1v) is 14.7. The molecule has 3 heterocycles. The Balaban J connectivity index is 1.67. The van der Waals surface area contributed by atoms with Crippen LogP contribution in [0.4, 0.5) is 0 Å². The maximum absolute atomic E-state index is 14.0. The third-order valence-corrected chi connectivity index (χ3v) is 8.67. The lowest BCUT2D eigenvalue weighted by molar-refractivity contribution is -0.127. The van der Waals surface area contributed by atoms with Gasteiger partial charge in [-0.2, -0.15) is 0 Å². The molecule has 0 N–H and O–H groups in total. The molecule has 0 spiro atoms. The highest BCUT2D eigenvalue weighted by Gasteiger charge is 2.35. The number of aromatic nitrogens is 1. The van der Waals surface area contributed by atoms with E-state index in [0.29, 0.717) is 51.0 Å². The standard InChI is InChI=1S/C31H30BrN3O4S/c1-6-34(7-2)30(37)27-19(4)33-31-35(28(27)22-10-8-9-11-24(22)38-5)29(36)26(40-31)17-20-13-15-25(39-20)21-14-12-18(3)16-23(21)32/h8-17,28H,6-7H2,1-5H3/b26-17+/t28-/m0/s1. The number of thiazole rings is 1. The fraction of sp³-hybridized carbons (Fsp3) is 0.258. The molecule has 1 atom stereocenters. The summed E-state index contributed by atoms with van der Waals surface area (Å²) >= 11 is 4.89. The lowest BCUT2D eigenvalue weighted by atomic mass is 9.94. The van der Waals surface area contributed by atoms with Crippen LogP contribution in [0.1, 0.15) is 43.7 Å². The van der Waals surface area contributed by atoms with Crippen molar-refractivity contribution in [1.82, 2.24) is 9.47 Å². The minimum atomic E-state index is -0.682. The van der Waals surface area contributed by atoms with Crippen LogP contribution in [-0.2, 0) is 4.79 Å². The first-order chi connectivity index (χ1) is 19.3. The number of rotatable bonds is 7. The number of ether oxygens (including phenoxy) is 1. The molecule has 4 aromatic rings. The maximum atomic E-state index is 14.0. The first-order valence-electron chi connectivity index (χ1n) is 13.1. The highest BCUT2D eigenvalue weighted by Crippen LogP contribution is 2.36. The van der Waals surface area contributed by atoms with E-state index in [9.17, 15) is 9.59 Å². The van der Waals surface area contributed by atoms with Crippen LogP contribution in [0, 0.1) is 6.92 Å². The molecular weight excluding hydrogens is 590 g/mol. The first kappa shape index (κ1) is 27.9. The fourth-order valence-corrected chi connectivity index (χ4v) is 6.70. The number of likely N-dealkylation sites (N-methyl/N-ethyl adjacent to an activating group) is 1. The fourth-order valence-electron chi connectivity index (χ4n) is 4.99. The Hall–Kier alpha value is -3.69. The molecule has 5 rings (SSSR count). The number of carbonyl (C=O) groups is 1. The lowest BCUT2D eigenvalue weighted by Crippen LogP contribution is -2.43. The van der Waals surface area contributed by atoms with Crippen LogP contribution in [0.25, 0.3) is 17.4 Å². The molecule has 0 saturated heterocycles. The van der Waals surface area contributed by atoms with Crippen LogP contribution >= 0.6 is 27.3 Å². The van der Waals surface area contributed by atoms with E-state index < -0.39 is 6.04 Å². The number of aryl methyl sites for hydroxylation is 1. The highest BCUT2D eigenvalue weighted by atomic mass is 79.9. The average molecular weight is 621 g/mol. The number of halogens is 1. The monoisotopic (exact) mass is 619 g/mol. The van der Waals surface area contributed by atoms with E-state index in [1.165, 1.54) is 11.3 Å². The molecule has 1 aliphatic rings. The molecule has 0 saturated carbocycles. The molecule has 2 aromatic heterocycles. The number of hydrogen-bond donors (Lipinski definition) is 0. The van der Waals surface area contributed by atoms with Crippen molar-refractivity contribution in [3.8, 4) is 17.1 Å². The largest absolute Gasteiger partial charge is 0.496 e. The molecule has 2 aromatic carbocycles. The van der Waals surface area contributed by atoms with Gasteiger partial charge in [0, 0.05) is 34.8 Å². The summed E-state index contributed by atoms with van der Waals surface area (Å²) < 4.78 is 14.8. The van der Waals surface area contributed by atoms with Crippen LogP contribution in [0.15, 0.2) is 84.5 Å². The second kappa shape index (κ2) is 11.4. The van der Waals surface area contributed by atoms with Crippen molar-refractivity contribution < 1.29 is 13.9 Å². The predicted octanol–water partition coefficient (Wildman–Crippen LogP) is 5.44. The summed E-state index contributed by atoms with van der Waals surface area (Å²) in [6.07, 6.45) is 1.74. The van der Waals surface area contributed by atoms with Gasteiger partial charge < -0.3 is 14.1 Å². The molecule has 206 valence electrons. The minimum absolute atomic E-state index is 0.143. The summed E-state index contributed by atoms with van der Waals surface area (Å²) in [5, 5.41) is 0. The topological polar surface area (TPSA) is 77.0 Å². The van der Waals surface area contributed by atoms with Gasteiger partial charge in [0.2, 0.25) is 0 Å². The summed E-state index contributed by atoms with van der Waals surface area (Å²) in [4.78, 5) is 34.8. The van der Waals surface area contributed by atoms with Crippen molar-refractivity contribution in [1.29, 1.82) is 0 Å². The van der Waals surface area contributed by atoms with E-state index in [2.05, 4.69) is 15.9 Å². The number of para-hydroxylation sites is 1. The molecule has 0 bridgehead atoms. The van der Waals surface area contributed by atoms with Crippen molar-refractivity contribution in [2.24, 2.45) is 4.99 Å². The van der Waals surface area contributed by atoms with Crippen LogP contribution in [0.2, 0.25) is 0 Å². The number of amides is 1. The van der Waals surface area contributed by atoms with Gasteiger partial charge >= 0.3 is 0 Å². The Morgan fingerprint density at radius 3 is 2.60 bits per heavy atom. The number of benzene rings is 2. The zero-order valence-electron chi connectivity index (χ0n) is 23.0. The van der Waals surface area contributed by atoms with E-state index in [4.69, 9.17) is 14.1 Å². The molecular formula is C31H30BrN3O4S. The van der Waals surface area contributed by atoms with Crippen LogP contribution in [0.3, 0.4) is 0 Å². The maximum Gasteiger partial charge on any atom is 0.271 e. The van der Waals surface area contributed by atoms with Crippen molar-refractivity contribution in [2.75, 3.05) is 20.2 Å². The molecule has 7 nitrogen and oxygen atoms in total. The van der Waals surface area contributed by atoms with Gasteiger partial charge in [0.15, 0.2) is 4.80 Å². The zero-order chi connectivity index (χ0) is 28.6. The lowest BCUT2D eigenvalue weighted by Gasteiger charge is -2.29. The predicted molar refractivity (Wildman–Crippen MR) is 161 cm³/mol. The van der Waals surface area contributed by atoms with E-state index in [1.807, 2.05) is 82.3 Å². The van der Waals surface area contributed by atoms with Crippen LogP contribution < -0.4 is 19.6 Å². The van der Waals surface area contributed by atoms with Gasteiger partial charge in [0.1, 0.15) is 23.3 Å². The number of carbonyl (C=O) groups excluding carboxylic acids is 1. The van der Waals surface area contributed by atoms with E-state index >= 15 is 0 Å². The third kappa shape index (κ3) is 4.99. The normalized spacial score (nSPS) is 15.2. The van der Waals surface area contributed by atoms with E-state index in [0.717, 1.165) is 21.2 Å². The van der Waals surface area contributed by atoms with Crippen molar-refractivity contribution in [3.63, 3.8) is 0 Å². The molecule has 0 radical (unpaired) electrons. The molecule has 1 amide bonds. The van der Waals surface area contributed by atoms with Gasteiger partial charge in [0.05, 0.1) is 22.9 Å². The number of nitrogens with zero attached hydrogens (tertiary/aromatic N) is 3. The molecule has 1 aliphatic heterocycles. The quantitative estimate of drug-likeness (QED) is 0.276. The van der Waals surface area contributed by atoms with Crippen LogP contribution in [-0.4, -0.2) is 35.6 Å². The van der Waals surface area contributed by atoms with Gasteiger partial charge in [-0.3, -0.25) is 14.2 Å². The molecule has 0 aliphatic carbocycles. The second-order valence-electron chi connectivity index (χ2n) is 9.49. The highest BCUT2D eigenvalue weighted by molar-refractivity contribution is 9.10. The van der Waals surface area contributed by atoms with E-state index in [-0.39, 0.29) is 11.5 Å². The number of allylic oxidation sites excluding steroid dienone is 1. The van der Waals surface area contributed by atoms with Gasteiger partial charge in [-0.25, -0.2) is 4.99 Å². The Morgan fingerprint density at radius 1 is 1.15 bits per heavy atom. The Kier molecular flexibility index (Phi) is 7.96. The summed E-state index contributed by atoms with van der Waals surface area (Å²) in [5.41, 5.74) is 3.61. The molecule has 0 fully saturated rings.